The van der Waals surface area contributed by atoms with Crippen LogP contribution in [0.5, 0.6) is 5.75 Å². The first kappa shape index (κ1) is 17.5. The molecule has 0 fully saturated rings. The Kier molecular flexibility index (Phi) is 5.17. The summed E-state index contributed by atoms with van der Waals surface area (Å²) in [7, 11) is 1.30. The second kappa shape index (κ2) is 7.70. The molecule has 1 unspecified atom stereocenters. The van der Waals surface area contributed by atoms with Gasteiger partial charge in [-0.2, -0.15) is 0 Å². The number of rotatable bonds is 4. The molecule has 0 aliphatic carbocycles. The molecule has 132 valence electrons. The first-order chi connectivity index (χ1) is 12.6. The fourth-order valence-corrected chi connectivity index (χ4v) is 2.67. The minimum atomic E-state index is -0.501. The summed E-state index contributed by atoms with van der Waals surface area (Å²) in [4.78, 5) is 24.0. The van der Waals surface area contributed by atoms with Crippen molar-refractivity contribution in [3.8, 4) is 5.75 Å². The molecular formula is C21H19NO4. The highest BCUT2D eigenvalue weighted by molar-refractivity contribution is 6.05. The highest BCUT2D eigenvalue weighted by Crippen LogP contribution is 2.29. The van der Waals surface area contributed by atoms with Crippen LogP contribution in [-0.4, -0.2) is 25.1 Å². The summed E-state index contributed by atoms with van der Waals surface area (Å²) in [5.41, 5.74) is 2.57. The topological polar surface area (TPSA) is 64.6 Å². The lowest BCUT2D eigenvalue weighted by Crippen LogP contribution is -2.18. The molecule has 0 bridgehead atoms. The van der Waals surface area contributed by atoms with Gasteiger partial charge in [-0.15, -0.1) is 0 Å². The van der Waals surface area contributed by atoms with Gasteiger partial charge < -0.3 is 14.8 Å². The zero-order chi connectivity index (χ0) is 18.5. The van der Waals surface area contributed by atoms with Gasteiger partial charge in [-0.05, 0) is 42.8 Å². The number of nitrogens with one attached hydrogen (secondary N) is 1. The van der Waals surface area contributed by atoms with Gasteiger partial charge in [0, 0.05) is 11.6 Å². The Bertz CT molecular complexity index is 898. The molecule has 0 aromatic heterocycles. The Morgan fingerprint density at radius 1 is 1.12 bits per heavy atom. The SMILES string of the molecule is COC(=O)c1ccccc1NC(=O)/C=C/C1=Cc2ccccc2OC1C. The van der Waals surface area contributed by atoms with E-state index in [-0.39, 0.29) is 12.0 Å². The fourth-order valence-electron chi connectivity index (χ4n) is 2.67. The molecule has 0 spiro atoms. The van der Waals surface area contributed by atoms with E-state index >= 15 is 0 Å². The number of hydrogen-bond donors (Lipinski definition) is 1. The molecule has 26 heavy (non-hydrogen) atoms. The Hall–Kier alpha value is -3.34. The highest BCUT2D eigenvalue weighted by atomic mass is 16.5. The van der Waals surface area contributed by atoms with Gasteiger partial charge in [0.15, 0.2) is 0 Å². The van der Waals surface area contributed by atoms with Gasteiger partial charge in [-0.1, -0.05) is 30.3 Å². The summed E-state index contributed by atoms with van der Waals surface area (Å²) in [6.07, 6.45) is 4.98. The van der Waals surface area contributed by atoms with E-state index < -0.39 is 5.97 Å². The first-order valence-electron chi connectivity index (χ1n) is 8.22. The Morgan fingerprint density at radius 2 is 1.85 bits per heavy atom. The number of ether oxygens (including phenoxy) is 2. The van der Waals surface area contributed by atoms with Crippen LogP contribution < -0.4 is 10.1 Å². The van der Waals surface area contributed by atoms with Crippen LogP contribution in [0.4, 0.5) is 5.69 Å². The van der Waals surface area contributed by atoms with E-state index in [9.17, 15) is 9.59 Å². The van der Waals surface area contributed by atoms with Crippen LogP contribution in [0.1, 0.15) is 22.8 Å². The predicted molar refractivity (Wildman–Crippen MR) is 100 cm³/mol. The van der Waals surface area contributed by atoms with Gasteiger partial charge >= 0.3 is 5.97 Å². The van der Waals surface area contributed by atoms with Crippen LogP contribution in [0.3, 0.4) is 0 Å². The number of amides is 1. The molecule has 1 amide bonds. The molecule has 3 rings (SSSR count). The third kappa shape index (κ3) is 3.83. The lowest BCUT2D eigenvalue weighted by molar-refractivity contribution is -0.111. The molecule has 1 atom stereocenters. The van der Waals surface area contributed by atoms with Crippen molar-refractivity contribution in [3.63, 3.8) is 0 Å². The number of esters is 1. The van der Waals surface area contributed by atoms with Crippen LogP contribution in [0.15, 0.2) is 66.3 Å². The molecule has 1 N–H and O–H groups in total. The largest absolute Gasteiger partial charge is 0.485 e. The van der Waals surface area contributed by atoms with E-state index in [1.807, 2.05) is 37.3 Å². The monoisotopic (exact) mass is 349 g/mol. The van der Waals surface area contributed by atoms with Gasteiger partial charge in [0.1, 0.15) is 11.9 Å². The quantitative estimate of drug-likeness (QED) is 0.673. The van der Waals surface area contributed by atoms with E-state index in [2.05, 4.69) is 5.32 Å². The number of hydrogen-bond acceptors (Lipinski definition) is 4. The number of methoxy groups -OCH3 is 1. The van der Waals surface area contributed by atoms with Crippen molar-refractivity contribution >= 4 is 23.6 Å². The van der Waals surface area contributed by atoms with Gasteiger partial charge in [0.2, 0.25) is 5.91 Å². The smallest absolute Gasteiger partial charge is 0.339 e. The maximum absolute atomic E-state index is 12.3. The van der Waals surface area contributed by atoms with Crippen LogP contribution in [0, 0.1) is 0 Å². The molecule has 0 saturated heterocycles. The van der Waals surface area contributed by atoms with Gasteiger partial charge in [-0.3, -0.25) is 4.79 Å². The molecule has 2 aromatic rings. The van der Waals surface area contributed by atoms with Crippen LogP contribution in [0.25, 0.3) is 6.08 Å². The minimum absolute atomic E-state index is 0.156. The summed E-state index contributed by atoms with van der Waals surface area (Å²) in [6.45, 7) is 1.93. The molecule has 2 aromatic carbocycles. The average Bonchev–Trinajstić information content (AvgIpc) is 2.66. The van der Waals surface area contributed by atoms with Crippen molar-refractivity contribution in [2.45, 2.75) is 13.0 Å². The Balaban J connectivity index is 1.75. The highest BCUT2D eigenvalue weighted by Gasteiger charge is 2.17. The fraction of sp³-hybridized carbons (Fsp3) is 0.143. The molecule has 0 radical (unpaired) electrons. The number of carbonyl (C=O) groups is 2. The van der Waals surface area contributed by atoms with Crippen molar-refractivity contribution in [2.24, 2.45) is 0 Å². The summed E-state index contributed by atoms with van der Waals surface area (Å²) in [5.74, 6) is -0.0135. The maximum Gasteiger partial charge on any atom is 0.339 e. The summed E-state index contributed by atoms with van der Waals surface area (Å²) in [5, 5.41) is 2.70. The van der Waals surface area contributed by atoms with Crippen LogP contribution >= 0.6 is 0 Å². The zero-order valence-electron chi connectivity index (χ0n) is 14.6. The summed E-state index contributed by atoms with van der Waals surface area (Å²) < 4.78 is 10.6. The molecule has 5 heteroatoms. The molecule has 1 aliphatic rings. The molecule has 1 aliphatic heterocycles. The van der Waals surface area contributed by atoms with E-state index in [1.165, 1.54) is 13.2 Å². The Morgan fingerprint density at radius 3 is 2.65 bits per heavy atom. The van der Waals surface area contributed by atoms with Crippen LogP contribution in [-0.2, 0) is 9.53 Å². The molecule has 1 heterocycles. The Labute approximate surface area is 151 Å². The number of fused-ring (bicyclic) bond motifs is 1. The van der Waals surface area contributed by atoms with Gasteiger partial charge in [0.25, 0.3) is 0 Å². The van der Waals surface area contributed by atoms with E-state index in [0.29, 0.717) is 11.3 Å². The van der Waals surface area contributed by atoms with Crippen molar-refractivity contribution < 1.29 is 19.1 Å². The number of carbonyl (C=O) groups excluding carboxylic acids is 2. The maximum atomic E-state index is 12.3. The zero-order valence-corrected chi connectivity index (χ0v) is 14.6. The first-order valence-corrected chi connectivity index (χ1v) is 8.22. The molecular weight excluding hydrogens is 330 g/mol. The standard InChI is InChI=1S/C21H19NO4/c1-14-15(13-16-7-3-6-10-19(16)26-14)11-12-20(23)22-18-9-5-4-8-17(18)21(24)25-2/h3-14H,1-2H3,(H,22,23)/b12-11+. The minimum Gasteiger partial charge on any atom is -0.485 e. The van der Waals surface area contributed by atoms with E-state index in [0.717, 1.165) is 16.9 Å². The third-order valence-corrected chi connectivity index (χ3v) is 4.03. The number of anilines is 1. The van der Waals surface area contributed by atoms with E-state index in [1.54, 1.807) is 30.3 Å². The van der Waals surface area contributed by atoms with Gasteiger partial charge in [-0.25, -0.2) is 4.79 Å². The number of para-hydroxylation sites is 2. The second-order valence-electron chi connectivity index (χ2n) is 5.80. The van der Waals surface area contributed by atoms with Crippen molar-refractivity contribution in [1.82, 2.24) is 0 Å². The molecule has 0 saturated carbocycles. The summed E-state index contributed by atoms with van der Waals surface area (Å²) in [6, 6.07) is 14.4. The lowest BCUT2D eigenvalue weighted by Gasteiger charge is -2.22. The normalized spacial score (nSPS) is 15.6. The molecule has 5 nitrogen and oxygen atoms in total. The third-order valence-electron chi connectivity index (χ3n) is 4.03. The predicted octanol–water partition coefficient (Wildman–Crippen LogP) is 3.83. The number of benzene rings is 2. The second-order valence-corrected chi connectivity index (χ2v) is 5.80. The van der Waals surface area contributed by atoms with Crippen LogP contribution in [0.2, 0.25) is 0 Å². The summed E-state index contributed by atoms with van der Waals surface area (Å²) >= 11 is 0. The average molecular weight is 349 g/mol. The lowest BCUT2D eigenvalue weighted by atomic mass is 10.0. The van der Waals surface area contributed by atoms with E-state index in [4.69, 9.17) is 9.47 Å². The van der Waals surface area contributed by atoms with Crippen molar-refractivity contribution in [1.29, 1.82) is 0 Å². The van der Waals surface area contributed by atoms with Crippen molar-refractivity contribution in [3.05, 3.63) is 77.4 Å². The van der Waals surface area contributed by atoms with Gasteiger partial charge in [0.05, 0.1) is 18.4 Å². The van der Waals surface area contributed by atoms with Crippen molar-refractivity contribution in [2.75, 3.05) is 12.4 Å².